The molecule has 1 aromatic carbocycles. The molecule has 1 heterocycles. The van der Waals surface area contributed by atoms with Crippen LogP contribution in [0.25, 0.3) is 0 Å². The molecule has 0 N–H and O–H groups in total. The van der Waals surface area contributed by atoms with Crippen molar-refractivity contribution in [3.63, 3.8) is 0 Å². The summed E-state index contributed by atoms with van der Waals surface area (Å²) in [5, 5.41) is 8.65. The molecule has 1 aliphatic heterocycles. The summed E-state index contributed by atoms with van der Waals surface area (Å²) in [5.41, 5.74) is 2.59. The monoisotopic (exact) mass is 201 g/mol. The molecular weight excluding hydrogens is 186 g/mol. The van der Waals surface area contributed by atoms with Crippen LogP contribution in [0.1, 0.15) is 38.0 Å². The summed E-state index contributed by atoms with van der Waals surface area (Å²) in [5.74, 6) is 0. The molecule has 0 aliphatic carbocycles. The molecular formula is C13H15NO. The predicted octanol–water partition coefficient (Wildman–Crippen LogP) is 2.95. The second-order valence-electron chi connectivity index (χ2n) is 4.98. The van der Waals surface area contributed by atoms with Crippen LogP contribution in [0.4, 0.5) is 0 Å². The highest BCUT2D eigenvalue weighted by atomic mass is 16.6. The highest BCUT2D eigenvalue weighted by Gasteiger charge is 2.40. The first-order valence-electron chi connectivity index (χ1n) is 5.18. The van der Waals surface area contributed by atoms with Gasteiger partial charge in [0.15, 0.2) is 6.10 Å². The molecule has 15 heavy (non-hydrogen) atoms. The Bertz CT molecular complexity index is 394. The zero-order valence-corrected chi connectivity index (χ0v) is 9.32. The lowest BCUT2D eigenvalue weighted by atomic mass is 9.86. The van der Waals surface area contributed by atoms with E-state index in [0.717, 1.165) is 5.56 Å². The van der Waals surface area contributed by atoms with Crippen LogP contribution in [0.2, 0.25) is 0 Å². The smallest absolute Gasteiger partial charge is 0.175 e. The van der Waals surface area contributed by atoms with Gasteiger partial charge in [-0.2, -0.15) is 5.26 Å². The van der Waals surface area contributed by atoms with Gasteiger partial charge < -0.3 is 4.74 Å². The van der Waals surface area contributed by atoms with Crippen molar-refractivity contribution in [2.45, 2.75) is 38.4 Å². The van der Waals surface area contributed by atoms with E-state index in [-0.39, 0.29) is 17.6 Å². The number of epoxide rings is 1. The molecule has 0 radical (unpaired) electrons. The number of nitriles is 1. The van der Waals surface area contributed by atoms with Crippen LogP contribution in [-0.4, -0.2) is 6.10 Å². The van der Waals surface area contributed by atoms with E-state index < -0.39 is 0 Å². The fourth-order valence-corrected chi connectivity index (χ4v) is 1.64. The Hall–Kier alpha value is -1.33. The third-order valence-corrected chi connectivity index (χ3v) is 2.72. The second-order valence-corrected chi connectivity index (χ2v) is 4.98. The van der Waals surface area contributed by atoms with Gasteiger partial charge in [-0.3, -0.25) is 0 Å². The molecule has 1 aromatic rings. The molecule has 1 saturated heterocycles. The van der Waals surface area contributed by atoms with Gasteiger partial charge in [0.1, 0.15) is 6.10 Å². The molecule has 2 rings (SSSR count). The summed E-state index contributed by atoms with van der Waals surface area (Å²) in [4.78, 5) is 0. The van der Waals surface area contributed by atoms with E-state index in [2.05, 4.69) is 51.1 Å². The Kier molecular flexibility index (Phi) is 2.28. The third kappa shape index (κ3) is 2.03. The highest BCUT2D eigenvalue weighted by molar-refractivity contribution is 5.32. The molecule has 1 aliphatic rings. The normalized spacial score (nSPS) is 24.7. The number of ether oxygens (including phenoxy) is 1. The number of hydrogen-bond acceptors (Lipinski definition) is 2. The van der Waals surface area contributed by atoms with Crippen LogP contribution < -0.4 is 0 Å². The van der Waals surface area contributed by atoms with E-state index in [4.69, 9.17) is 10.00 Å². The average molecular weight is 201 g/mol. The lowest BCUT2D eigenvalue weighted by Crippen LogP contribution is -2.10. The number of rotatable bonds is 1. The molecule has 0 bridgehead atoms. The number of hydrogen-bond donors (Lipinski definition) is 0. The maximum absolute atomic E-state index is 8.65. The Morgan fingerprint density at radius 1 is 1.20 bits per heavy atom. The van der Waals surface area contributed by atoms with Crippen LogP contribution in [0, 0.1) is 11.3 Å². The quantitative estimate of drug-likeness (QED) is 0.655. The standard InChI is InChI=1S/C13H15NO/c1-13(2,3)10-6-4-9(5-7-10)12-11(8-14)15-12/h4-7,11-12H,1-3H3/t11-,12+/m1/s1. The maximum atomic E-state index is 8.65. The topological polar surface area (TPSA) is 36.3 Å². The predicted molar refractivity (Wildman–Crippen MR) is 58.4 cm³/mol. The lowest BCUT2D eigenvalue weighted by Gasteiger charge is -2.18. The molecule has 0 saturated carbocycles. The molecule has 0 spiro atoms. The Balaban J connectivity index is 2.16. The van der Waals surface area contributed by atoms with Crippen LogP contribution in [0.3, 0.4) is 0 Å². The van der Waals surface area contributed by atoms with E-state index in [9.17, 15) is 0 Å². The first kappa shape index (κ1) is 10.2. The highest BCUT2D eigenvalue weighted by Crippen LogP contribution is 2.38. The van der Waals surface area contributed by atoms with E-state index in [1.54, 1.807) is 0 Å². The van der Waals surface area contributed by atoms with E-state index >= 15 is 0 Å². The summed E-state index contributed by atoms with van der Waals surface area (Å²) < 4.78 is 5.22. The number of nitrogens with zero attached hydrogens (tertiary/aromatic N) is 1. The molecule has 2 nitrogen and oxygen atoms in total. The lowest BCUT2D eigenvalue weighted by molar-refractivity contribution is 0.396. The summed E-state index contributed by atoms with van der Waals surface area (Å²) in [6, 6.07) is 10.5. The van der Waals surface area contributed by atoms with Crippen molar-refractivity contribution in [3.05, 3.63) is 35.4 Å². The van der Waals surface area contributed by atoms with E-state index in [0.29, 0.717) is 0 Å². The van der Waals surface area contributed by atoms with Gasteiger partial charge in [0, 0.05) is 0 Å². The van der Waals surface area contributed by atoms with Gasteiger partial charge in [-0.25, -0.2) is 0 Å². The van der Waals surface area contributed by atoms with E-state index in [1.165, 1.54) is 5.56 Å². The van der Waals surface area contributed by atoms with Gasteiger partial charge in [-0.05, 0) is 16.5 Å². The SMILES string of the molecule is CC(C)(C)c1ccc([C@@H]2O[C@@H]2C#N)cc1. The summed E-state index contributed by atoms with van der Waals surface area (Å²) in [6.07, 6.45) is -0.227. The van der Waals surface area contributed by atoms with Crippen molar-refractivity contribution in [3.8, 4) is 6.07 Å². The van der Waals surface area contributed by atoms with Crippen molar-refractivity contribution in [2.24, 2.45) is 0 Å². The van der Waals surface area contributed by atoms with E-state index in [1.807, 2.05) is 0 Å². The Morgan fingerprint density at radius 3 is 2.20 bits per heavy atom. The molecule has 2 heteroatoms. The zero-order valence-electron chi connectivity index (χ0n) is 9.32. The fraction of sp³-hybridized carbons (Fsp3) is 0.462. The van der Waals surface area contributed by atoms with Crippen molar-refractivity contribution in [1.82, 2.24) is 0 Å². The van der Waals surface area contributed by atoms with Gasteiger partial charge in [-0.15, -0.1) is 0 Å². The molecule has 0 aromatic heterocycles. The van der Waals surface area contributed by atoms with Gasteiger partial charge in [0.05, 0.1) is 6.07 Å². The van der Waals surface area contributed by atoms with Crippen molar-refractivity contribution in [1.29, 1.82) is 5.26 Å². The zero-order chi connectivity index (χ0) is 11.1. The van der Waals surface area contributed by atoms with Crippen LogP contribution >= 0.6 is 0 Å². The average Bonchev–Trinajstić information content (AvgIpc) is 2.95. The Morgan fingerprint density at radius 2 is 1.80 bits per heavy atom. The molecule has 1 fully saturated rings. The van der Waals surface area contributed by atoms with Crippen LogP contribution in [0.5, 0.6) is 0 Å². The largest absolute Gasteiger partial charge is 0.348 e. The molecule has 78 valence electrons. The first-order valence-corrected chi connectivity index (χ1v) is 5.18. The van der Waals surface area contributed by atoms with Crippen LogP contribution in [0.15, 0.2) is 24.3 Å². The fourth-order valence-electron chi connectivity index (χ4n) is 1.64. The minimum Gasteiger partial charge on any atom is -0.348 e. The minimum atomic E-state index is -0.231. The number of benzene rings is 1. The van der Waals surface area contributed by atoms with Crippen molar-refractivity contribution >= 4 is 0 Å². The molecule has 0 amide bonds. The summed E-state index contributed by atoms with van der Waals surface area (Å²) in [7, 11) is 0. The van der Waals surface area contributed by atoms with Gasteiger partial charge in [-0.1, -0.05) is 45.0 Å². The van der Waals surface area contributed by atoms with Crippen molar-refractivity contribution in [2.75, 3.05) is 0 Å². The van der Waals surface area contributed by atoms with Gasteiger partial charge in [0.2, 0.25) is 0 Å². The molecule has 0 unspecified atom stereocenters. The minimum absolute atomic E-state index is 0.00372. The first-order chi connectivity index (χ1) is 7.02. The van der Waals surface area contributed by atoms with Gasteiger partial charge in [0.25, 0.3) is 0 Å². The Labute approximate surface area is 90.5 Å². The maximum Gasteiger partial charge on any atom is 0.175 e. The summed E-state index contributed by atoms with van der Waals surface area (Å²) in [6.45, 7) is 6.56. The second kappa shape index (κ2) is 3.36. The third-order valence-electron chi connectivity index (χ3n) is 2.72. The van der Waals surface area contributed by atoms with Crippen molar-refractivity contribution < 1.29 is 4.74 Å². The van der Waals surface area contributed by atoms with Gasteiger partial charge >= 0.3 is 0 Å². The van der Waals surface area contributed by atoms with Crippen LogP contribution in [-0.2, 0) is 10.2 Å². The summed E-state index contributed by atoms with van der Waals surface area (Å²) >= 11 is 0. The molecule has 2 atom stereocenters.